The zero-order valence-electron chi connectivity index (χ0n) is 16.0. The van der Waals surface area contributed by atoms with E-state index in [0.717, 1.165) is 16.9 Å². The number of aromatic nitrogens is 2. The van der Waals surface area contributed by atoms with Crippen LogP contribution >= 0.6 is 0 Å². The Kier molecular flexibility index (Phi) is 6.94. The molecule has 1 heterocycles. The third-order valence-corrected chi connectivity index (χ3v) is 4.05. The Morgan fingerprint density at radius 1 is 1.07 bits per heavy atom. The van der Waals surface area contributed by atoms with E-state index in [2.05, 4.69) is 15.5 Å². The van der Waals surface area contributed by atoms with Gasteiger partial charge in [-0.2, -0.15) is 4.98 Å². The first-order valence-electron chi connectivity index (χ1n) is 9.07. The first kappa shape index (κ1) is 20.1. The molecule has 150 valence electrons. The lowest BCUT2D eigenvalue weighted by Crippen LogP contribution is -2.30. The van der Waals surface area contributed by atoms with Crippen LogP contribution < -0.4 is 10.1 Å². The van der Waals surface area contributed by atoms with Crippen molar-refractivity contribution in [1.29, 1.82) is 0 Å². The highest BCUT2D eigenvalue weighted by atomic mass is 16.5. The Bertz CT molecular complexity index is 938. The predicted octanol–water partition coefficient (Wildman–Crippen LogP) is 2.54. The maximum atomic E-state index is 11.9. The summed E-state index contributed by atoms with van der Waals surface area (Å²) in [6.45, 7) is -0.0156. The molecule has 0 unspecified atom stereocenters. The first-order valence-corrected chi connectivity index (χ1v) is 9.07. The van der Waals surface area contributed by atoms with Crippen molar-refractivity contribution in [3.63, 3.8) is 0 Å². The number of amides is 1. The fourth-order valence-corrected chi connectivity index (χ4v) is 2.48. The van der Waals surface area contributed by atoms with Gasteiger partial charge >= 0.3 is 5.97 Å². The summed E-state index contributed by atoms with van der Waals surface area (Å²) in [6, 6.07) is 16.6. The summed E-state index contributed by atoms with van der Waals surface area (Å²) in [6.07, 6.45) is 0.393. The summed E-state index contributed by atoms with van der Waals surface area (Å²) >= 11 is 0. The van der Waals surface area contributed by atoms with E-state index in [4.69, 9.17) is 14.0 Å². The van der Waals surface area contributed by atoms with Gasteiger partial charge in [0.2, 0.25) is 17.6 Å². The van der Waals surface area contributed by atoms with Crippen molar-refractivity contribution in [2.75, 3.05) is 13.7 Å². The van der Waals surface area contributed by atoms with Crippen molar-refractivity contribution in [1.82, 2.24) is 15.5 Å². The highest BCUT2D eigenvalue weighted by Gasteiger charge is 2.12. The van der Waals surface area contributed by atoms with Crippen LogP contribution in [-0.4, -0.2) is 35.7 Å². The molecule has 0 fully saturated rings. The van der Waals surface area contributed by atoms with Crippen LogP contribution in [0.2, 0.25) is 0 Å². The van der Waals surface area contributed by atoms with Gasteiger partial charge in [0.05, 0.1) is 7.11 Å². The number of hydrogen-bond acceptors (Lipinski definition) is 7. The molecule has 0 saturated heterocycles. The summed E-state index contributed by atoms with van der Waals surface area (Å²) < 4.78 is 15.4. The minimum Gasteiger partial charge on any atom is -0.497 e. The quantitative estimate of drug-likeness (QED) is 0.555. The third-order valence-electron chi connectivity index (χ3n) is 4.05. The maximum absolute atomic E-state index is 11.9. The number of ether oxygens (including phenoxy) is 2. The minimum absolute atomic E-state index is 0.121. The molecule has 3 rings (SSSR count). The summed E-state index contributed by atoms with van der Waals surface area (Å²) in [5.41, 5.74) is 1.67. The predicted molar refractivity (Wildman–Crippen MR) is 104 cm³/mol. The molecule has 8 nitrogen and oxygen atoms in total. The van der Waals surface area contributed by atoms with E-state index in [1.54, 1.807) is 19.2 Å². The Balaban J connectivity index is 1.39. The Labute approximate surface area is 167 Å². The number of esters is 1. The summed E-state index contributed by atoms with van der Waals surface area (Å²) in [7, 11) is 1.59. The lowest BCUT2D eigenvalue weighted by Gasteiger charge is -2.06. The number of hydrogen-bond donors (Lipinski definition) is 1. The van der Waals surface area contributed by atoms with E-state index in [1.165, 1.54) is 0 Å². The van der Waals surface area contributed by atoms with Crippen molar-refractivity contribution < 1.29 is 23.6 Å². The molecule has 1 amide bonds. The molecule has 1 N–H and O–H groups in total. The van der Waals surface area contributed by atoms with E-state index in [1.807, 2.05) is 42.5 Å². The van der Waals surface area contributed by atoms with Crippen LogP contribution in [0.5, 0.6) is 5.75 Å². The van der Waals surface area contributed by atoms with Gasteiger partial charge in [0.25, 0.3) is 0 Å². The van der Waals surface area contributed by atoms with Crippen LogP contribution in [-0.2, 0) is 27.4 Å². The number of rotatable bonds is 9. The smallest absolute Gasteiger partial charge is 0.325 e. The van der Waals surface area contributed by atoms with Crippen LogP contribution in [0.15, 0.2) is 59.1 Å². The topological polar surface area (TPSA) is 104 Å². The average molecular weight is 395 g/mol. The van der Waals surface area contributed by atoms with Gasteiger partial charge in [-0.15, -0.1) is 0 Å². The molecule has 2 aromatic carbocycles. The number of benzene rings is 2. The van der Waals surface area contributed by atoms with Gasteiger partial charge in [-0.25, -0.2) is 0 Å². The lowest BCUT2D eigenvalue weighted by molar-refractivity contribution is -0.145. The molecule has 3 aromatic rings. The molecular weight excluding hydrogens is 374 g/mol. The van der Waals surface area contributed by atoms with Crippen LogP contribution in [0.4, 0.5) is 0 Å². The second kappa shape index (κ2) is 10.0. The number of carbonyl (C=O) groups is 2. The fraction of sp³-hybridized carbons (Fsp3) is 0.238. The molecule has 0 spiro atoms. The van der Waals surface area contributed by atoms with Crippen LogP contribution in [0.3, 0.4) is 0 Å². The molecule has 1 aromatic heterocycles. The van der Waals surface area contributed by atoms with Crippen LogP contribution in [0.1, 0.15) is 17.9 Å². The second-order valence-electron chi connectivity index (χ2n) is 6.16. The normalized spacial score (nSPS) is 10.4. The minimum atomic E-state index is -0.498. The van der Waals surface area contributed by atoms with E-state index < -0.39 is 5.97 Å². The van der Waals surface area contributed by atoms with E-state index in [0.29, 0.717) is 11.7 Å². The highest BCUT2D eigenvalue weighted by molar-refractivity contribution is 5.81. The van der Waals surface area contributed by atoms with Gasteiger partial charge in [0, 0.05) is 18.4 Å². The van der Waals surface area contributed by atoms with Crippen molar-refractivity contribution in [2.24, 2.45) is 0 Å². The van der Waals surface area contributed by atoms with Crippen LogP contribution in [0, 0.1) is 0 Å². The lowest BCUT2D eigenvalue weighted by atomic mass is 10.2. The average Bonchev–Trinajstić information content (AvgIpc) is 3.24. The molecule has 0 aliphatic rings. The highest BCUT2D eigenvalue weighted by Crippen LogP contribution is 2.19. The molecular formula is C21H21N3O5. The number of nitrogens with zero attached hydrogens (tertiary/aromatic N) is 2. The molecule has 0 aliphatic heterocycles. The first-order chi connectivity index (χ1) is 14.1. The summed E-state index contributed by atoms with van der Waals surface area (Å²) in [5.74, 6) is 0.717. The van der Waals surface area contributed by atoms with Gasteiger partial charge in [0.15, 0.2) is 0 Å². The molecule has 0 radical (unpaired) electrons. The Morgan fingerprint density at radius 2 is 1.83 bits per heavy atom. The van der Waals surface area contributed by atoms with Crippen molar-refractivity contribution in [3.8, 4) is 17.1 Å². The van der Waals surface area contributed by atoms with Gasteiger partial charge in [0.1, 0.15) is 18.9 Å². The number of aryl methyl sites for hydroxylation is 1. The fourth-order valence-electron chi connectivity index (χ4n) is 2.48. The SMILES string of the molecule is COc1ccc(-c2noc(CCC(=O)NCC(=O)OCc3ccccc3)n2)cc1. The number of methoxy groups -OCH3 is 1. The van der Waals surface area contributed by atoms with Crippen molar-refractivity contribution in [3.05, 3.63) is 66.1 Å². The van der Waals surface area contributed by atoms with Crippen molar-refractivity contribution in [2.45, 2.75) is 19.4 Å². The molecule has 0 saturated carbocycles. The Morgan fingerprint density at radius 3 is 2.55 bits per heavy atom. The molecule has 0 bridgehead atoms. The largest absolute Gasteiger partial charge is 0.497 e. The monoisotopic (exact) mass is 395 g/mol. The second-order valence-corrected chi connectivity index (χ2v) is 6.16. The van der Waals surface area contributed by atoms with E-state index >= 15 is 0 Å². The van der Waals surface area contributed by atoms with Gasteiger partial charge in [-0.05, 0) is 29.8 Å². The van der Waals surface area contributed by atoms with E-state index in [9.17, 15) is 9.59 Å². The van der Waals surface area contributed by atoms with Gasteiger partial charge in [-0.3, -0.25) is 9.59 Å². The van der Waals surface area contributed by atoms with E-state index in [-0.39, 0.29) is 31.9 Å². The molecule has 8 heteroatoms. The number of nitrogens with one attached hydrogen (secondary N) is 1. The Hall–Kier alpha value is -3.68. The van der Waals surface area contributed by atoms with Gasteiger partial charge < -0.3 is 19.3 Å². The zero-order chi connectivity index (χ0) is 20.5. The molecule has 0 atom stereocenters. The summed E-state index contributed by atoms with van der Waals surface area (Å²) in [5, 5.41) is 6.44. The van der Waals surface area contributed by atoms with Gasteiger partial charge in [-0.1, -0.05) is 35.5 Å². The standard InChI is InChI=1S/C21H21N3O5/c1-27-17-9-7-16(8-10-17)21-23-19(29-24-21)12-11-18(25)22-13-20(26)28-14-15-5-3-2-4-6-15/h2-10H,11-14H2,1H3,(H,22,25). The molecule has 0 aliphatic carbocycles. The third kappa shape index (κ3) is 6.17. The van der Waals surface area contributed by atoms with Crippen molar-refractivity contribution >= 4 is 11.9 Å². The summed E-state index contributed by atoms with van der Waals surface area (Å²) in [4.78, 5) is 27.9. The number of carbonyl (C=O) groups excluding carboxylic acids is 2. The maximum Gasteiger partial charge on any atom is 0.325 e. The zero-order valence-corrected chi connectivity index (χ0v) is 16.0. The molecule has 29 heavy (non-hydrogen) atoms. The van der Waals surface area contributed by atoms with Crippen LogP contribution in [0.25, 0.3) is 11.4 Å².